The summed E-state index contributed by atoms with van der Waals surface area (Å²) >= 11 is 6.78. The lowest BCUT2D eigenvalue weighted by molar-refractivity contribution is -0.218. The molecule has 190 valence electrons. The van der Waals surface area contributed by atoms with Gasteiger partial charge in [-0.15, -0.1) is 0 Å². The molecule has 0 radical (unpaired) electrons. The molecule has 1 aromatic rings. The maximum atomic E-state index is 13.5. The first-order valence-corrected chi connectivity index (χ1v) is 13.1. The number of nitrogens with one attached hydrogen (secondary N) is 1. The van der Waals surface area contributed by atoms with Gasteiger partial charge in [-0.05, 0) is 79.5 Å². The molecule has 4 saturated carbocycles. The number of methoxy groups -OCH3 is 2. The number of esters is 1. The minimum atomic E-state index is -0.585. The molecule has 6 nitrogen and oxygen atoms in total. The Morgan fingerprint density at radius 3 is 2.54 bits per heavy atom. The highest BCUT2D eigenvalue weighted by Crippen LogP contribution is 2.71. The van der Waals surface area contributed by atoms with Crippen LogP contribution in [0.1, 0.15) is 76.8 Å². The van der Waals surface area contributed by atoms with Crippen molar-refractivity contribution in [3.8, 4) is 0 Å². The molecular formula is C28H37ClN2O4. The molecule has 2 amide bonds. The van der Waals surface area contributed by atoms with E-state index in [-0.39, 0.29) is 29.1 Å². The highest BCUT2D eigenvalue weighted by atomic mass is 35.5. The molecule has 1 heterocycles. The molecule has 4 aliphatic carbocycles. The van der Waals surface area contributed by atoms with Crippen LogP contribution in [0.2, 0.25) is 5.02 Å². The number of rotatable bonds is 6. The Bertz CT molecular complexity index is 1070. The number of carbonyl (C=O) groups is 2. The molecule has 0 saturated heterocycles. The van der Waals surface area contributed by atoms with E-state index in [0.29, 0.717) is 19.3 Å². The largest absolute Gasteiger partial charge is 0.469 e. The first-order valence-electron chi connectivity index (χ1n) is 12.7. The summed E-state index contributed by atoms with van der Waals surface area (Å²) in [6.07, 6.45) is 8.49. The van der Waals surface area contributed by atoms with E-state index in [1.165, 1.54) is 7.11 Å². The molecule has 2 atom stereocenters. The van der Waals surface area contributed by atoms with Crippen LogP contribution in [0.15, 0.2) is 30.0 Å². The molecular weight excluding hydrogens is 464 g/mol. The van der Waals surface area contributed by atoms with E-state index in [4.69, 9.17) is 21.1 Å². The molecule has 1 unspecified atom stereocenters. The van der Waals surface area contributed by atoms with E-state index in [2.05, 4.69) is 38.2 Å². The summed E-state index contributed by atoms with van der Waals surface area (Å²) in [6.45, 7) is 6.71. The van der Waals surface area contributed by atoms with Gasteiger partial charge in [-0.2, -0.15) is 0 Å². The molecule has 7 heteroatoms. The summed E-state index contributed by atoms with van der Waals surface area (Å²) in [7, 11) is 3.19. The second-order valence-electron chi connectivity index (χ2n) is 12.4. The third-order valence-electron chi connectivity index (χ3n) is 8.82. The topological polar surface area (TPSA) is 67.9 Å². The monoisotopic (exact) mass is 500 g/mol. The average molecular weight is 501 g/mol. The van der Waals surface area contributed by atoms with Crippen molar-refractivity contribution in [3.63, 3.8) is 0 Å². The molecule has 2 bridgehead atoms. The predicted octanol–water partition coefficient (Wildman–Crippen LogP) is 5.72. The number of urea groups is 1. The first kappa shape index (κ1) is 24.6. The van der Waals surface area contributed by atoms with E-state index in [1.807, 2.05) is 17.2 Å². The fraction of sp³-hybridized carbons (Fsp3) is 0.643. The highest BCUT2D eigenvalue weighted by molar-refractivity contribution is 6.31. The quantitative estimate of drug-likeness (QED) is 0.507. The predicted molar refractivity (Wildman–Crippen MR) is 135 cm³/mol. The Morgan fingerprint density at radius 1 is 1.23 bits per heavy atom. The third-order valence-corrected chi connectivity index (χ3v) is 9.17. The van der Waals surface area contributed by atoms with Gasteiger partial charge in [0.2, 0.25) is 0 Å². The van der Waals surface area contributed by atoms with E-state index >= 15 is 0 Å². The van der Waals surface area contributed by atoms with Crippen LogP contribution < -0.4 is 5.32 Å². The fourth-order valence-electron chi connectivity index (χ4n) is 6.73. The SMILES string of the molecule is COC(=O)C12CC(N3C=C4C[C@@H](OC)CCC4(c4ccc(CCC(C)(C)C)c(Cl)c4)NC3=O)(C1)C2. The van der Waals surface area contributed by atoms with Crippen molar-refractivity contribution in [2.45, 2.75) is 89.3 Å². The van der Waals surface area contributed by atoms with Crippen LogP contribution in [0.5, 0.6) is 0 Å². The van der Waals surface area contributed by atoms with Crippen molar-refractivity contribution in [1.82, 2.24) is 10.2 Å². The van der Waals surface area contributed by atoms with Crippen molar-refractivity contribution in [2.75, 3.05) is 14.2 Å². The molecule has 1 aliphatic heterocycles. The number of nitrogens with zero attached hydrogens (tertiary/aromatic N) is 1. The zero-order chi connectivity index (χ0) is 25.2. The highest BCUT2D eigenvalue weighted by Gasteiger charge is 2.75. The normalized spacial score (nSPS) is 33.7. The molecule has 1 aromatic carbocycles. The van der Waals surface area contributed by atoms with Crippen molar-refractivity contribution in [2.24, 2.45) is 10.8 Å². The summed E-state index contributed by atoms with van der Waals surface area (Å²) in [5.41, 5.74) is 2.28. The molecule has 5 aliphatic rings. The Kier molecular flexibility index (Phi) is 5.80. The molecule has 0 aromatic heterocycles. The zero-order valence-corrected chi connectivity index (χ0v) is 22.3. The van der Waals surface area contributed by atoms with Crippen LogP contribution in [0, 0.1) is 10.8 Å². The van der Waals surface area contributed by atoms with E-state index in [9.17, 15) is 9.59 Å². The number of carbonyl (C=O) groups excluding carboxylic acids is 2. The second-order valence-corrected chi connectivity index (χ2v) is 12.8. The van der Waals surface area contributed by atoms with Crippen molar-refractivity contribution in [3.05, 3.63) is 46.1 Å². The Morgan fingerprint density at radius 2 is 1.94 bits per heavy atom. The molecule has 4 fully saturated rings. The van der Waals surface area contributed by atoms with Crippen LogP contribution >= 0.6 is 11.6 Å². The van der Waals surface area contributed by atoms with Crippen LogP contribution in [-0.4, -0.2) is 42.8 Å². The maximum Gasteiger partial charge on any atom is 0.322 e. The fourth-order valence-corrected chi connectivity index (χ4v) is 7.00. The van der Waals surface area contributed by atoms with Crippen LogP contribution in [0.4, 0.5) is 4.79 Å². The standard InChI is InChI=1S/C28H37ClN2O4/c1-25(2,3)10-8-18-6-7-19(13-22(18)29)28-11-9-21(34-4)12-20(28)14-31(24(33)30-28)27-15-26(16-27,17-27)23(32)35-5/h6-7,13-14,21H,8-12,15-17H2,1-5H3,(H,30,33)/t21-,26?,27?,28?/m0/s1. The van der Waals surface area contributed by atoms with Gasteiger partial charge in [0, 0.05) is 18.3 Å². The lowest BCUT2D eigenvalue weighted by atomic mass is 9.38. The number of hydrogen-bond acceptors (Lipinski definition) is 4. The molecule has 6 rings (SSSR count). The van der Waals surface area contributed by atoms with Crippen molar-refractivity contribution in [1.29, 1.82) is 0 Å². The Hall–Kier alpha value is -2.05. The average Bonchev–Trinajstić information content (AvgIpc) is 2.75. The minimum Gasteiger partial charge on any atom is -0.469 e. The third kappa shape index (κ3) is 3.88. The van der Waals surface area contributed by atoms with Crippen LogP contribution in [-0.2, 0) is 26.2 Å². The number of aryl methyl sites for hydroxylation is 1. The van der Waals surface area contributed by atoms with Gasteiger partial charge in [0.15, 0.2) is 0 Å². The lowest BCUT2D eigenvalue weighted by Gasteiger charge is -2.71. The number of fused-ring (bicyclic) bond motifs is 1. The van der Waals surface area contributed by atoms with Gasteiger partial charge in [0.1, 0.15) is 0 Å². The molecule has 35 heavy (non-hydrogen) atoms. The number of ether oxygens (including phenoxy) is 2. The van der Waals surface area contributed by atoms with Gasteiger partial charge in [0.25, 0.3) is 0 Å². The number of hydrogen-bond donors (Lipinski definition) is 1. The van der Waals surface area contributed by atoms with Gasteiger partial charge >= 0.3 is 12.0 Å². The van der Waals surface area contributed by atoms with Gasteiger partial charge in [-0.3, -0.25) is 9.69 Å². The molecule has 0 spiro atoms. The number of benzene rings is 1. The van der Waals surface area contributed by atoms with Gasteiger partial charge in [0.05, 0.1) is 29.7 Å². The summed E-state index contributed by atoms with van der Waals surface area (Å²) < 4.78 is 10.7. The zero-order valence-electron chi connectivity index (χ0n) is 21.5. The lowest BCUT2D eigenvalue weighted by Crippen LogP contribution is -2.79. The van der Waals surface area contributed by atoms with E-state index in [1.54, 1.807) is 7.11 Å². The van der Waals surface area contributed by atoms with Gasteiger partial charge in [-0.1, -0.05) is 44.5 Å². The Balaban J connectivity index is 1.45. The first-order chi connectivity index (χ1) is 16.5. The number of amides is 2. The smallest absolute Gasteiger partial charge is 0.322 e. The second kappa shape index (κ2) is 8.24. The van der Waals surface area contributed by atoms with Crippen molar-refractivity contribution < 1.29 is 19.1 Å². The molecule has 1 N–H and O–H groups in total. The van der Waals surface area contributed by atoms with Gasteiger partial charge in [-0.25, -0.2) is 4.79 Å². The van der Waals surface area contributed by atoms with Crippen LogP contribution in [0.3, 0.4) is 0 Å². The van der Waals surface area contributed by atoms with E-state index < -0.39 is 11.0 Å². The van der Waals surface area contributed by atoms with Crippen LogP contribution in [0.25, 0.3) is 0 Å². The van der Waals surface area contributed by atoms with E-state index in [0.717, 1.165) is 53.8 Å². The minimum absolute atomic E-state index is 0.101. The summed E-state index contributed by atoms with van der Waals surface area (Å²) in [6, 6.07) is 6.20. The maximum absolute atomic E-state index is 13.5. The number of halogens is 1. The Labute approximate surface area is 213 Å². The summed E-state index contributed by atoms with van der Waals surface area (Å²) in [5, 5.41) is 4.14. The summed E-state index contributed by atoms with van der Waals surface area (Å²) in [4.78, 5) is 27.6. The van der Waals surface area contributed by atoms with Crippen molar-refractivity contribution >= 4 is 23.6 Å². The summed E-state index contributed by atoms with van der Waals surface area (Å²) in [5.74, 6) is -0.155. The van der Waals surface area contributed by atoms with Gasteiger partial charge < -0.3 is 14.8 Å².